The van der Waals surface area contributed by atoms with Crippen LogP contribution in [0.5, 0.6) is 0 Å². The molecule has 2 aromatic carbocycles. The third-order valence-electron chi connectivity index (χ3n) is 2.59. The fourth-order valence-corrected chi connectivity index (χ4v) is 11.4. The molecule has 0 fully saturated rings. The van der Waals surface area contributed by atoms with Crippen molar-refractivity contribution in [1.82, 2.24) is 0 Å². The maximum Gasteiger partial charge on any atom is 0.0501 e. The van der Waals surface area contributed by atoms with Crippen LogP contribution in [0.15, 0.2) is 43.8 Å². The average Bonchev–Trinajstić information content (AvgIpc) is 2.45. The molecule has 0 aliphatic carbocycles. The molecule has 0 atom stereocenters. The van der Waals surface area contributed by atoms with E-state index in [0.29, 0.717) is 0 Å². The number of thioether (sulfide) groups is 2. The van der Waals surface area contributed by atoms with Crippen molar-refractivity contribution in [1.29, 1.82) is 0 Å². The summed E-state index contributed by atoms with van der Waals surface area (Å²) in [5.41, 5.74) is 0. The van der Waals surface area contributed by atoms with Gasteiger partial charge in [0.2, 0.25) is 0 Å². The molecule has 0 N–H and O–H groups in total. The summed E-state index contributed by atoms with van der Waals surface area (Å²) in [6, 6.07) is 9.20. The van der Waals surface area contributed by atoms with E-state index in [2.05, 4.69) is 160 Å². The molecule has 23 heavy (non-hydrogen) atoms. The molecule has 124 valence electrons. The van der Waals surface area contributed by atoms with Crippen molar-refractivity contribution in [2.75, 3.05) is 7.52 Å². The lowest BCUT2D eigenvalue weighted by Gasteiger charge is -2.13. The van der Waals surface area contributed by atoms with Crippen LogP contribution in [0.2, 0.25) is 0 Å². The van der Waals surface area contributed by atoms with Crippen LogP contribution < -0.4 is 0 Å². The second-order valence-corrected chi connectivity index (χ2v) is 15.4. The van der Waals surface area contributed by atoms with E-state index in [1.54, 1.807) is 0 Å². The van der Waals surface area contributed by atoms with Gasteiger partial charge in [0, 0.05) is 33.9 Å². The standard InChI is InChI=1S/C14H8I6S3/c15-5-21-7-1-9(17)13(10(18)2-7)23-14-11(19)3-8(22-6-16)4-12(14)20/h1-4H,5-6H2. The van der Waals surface area contributed by atoms with Crippen molar-refractivity contribution in [3.05, 3.63) is 38.5 Å². The van der Waals surface area contributed by atoms with Gasteiger partial charge in [-0.15, -0.1) is 23.5 Å². The summed E-state index contributed by atoms with van der Waals surface area (Å²) in [5.74, 6) is 0. The van der Waals surface area contributed by atoms with E-state index >= 15 is 0 Å². The van der Waals surface area contributed by atoms with Gasteiger partial charge in [0.15, 0.2) is 0 Å². The normalized spacial score (nSPS) is 11.0. The lowest BCUT2D eigenvalue weighted by Crippen LogP contribution is -1.91. The zero-order chi connectivity index (χ0) is 17.0. The Bertz CT molecular complexity index is 601. The molecule has 9 heteroatoms. The number of alkyl halides is 2. The predicted octanol–water partition coefficient (Wildman–Crippen LogP) is 9.23. The molecule has 0 aromatic heterocycles. The summed E-state index contributed by atoms with van der Waals surface area (Å²) < 4.78 is 7.52. The minimum Gasteiger partial charge on any atom is -0.115 e. The van der Waals surface area contributed by atoms with Gasteiger partial charge in [0.05, 0.1) is 7.52 Å². The largest absolute Gasteiger partial charge is 0.115 e. The maximum absolute atomic E-state index is 2.47. The Kier molecular flexibility index (Phi) is 11.8. The molecule has 0 nitrogen and oxygen atoms in total. The van der Waals surface area contributed by atoms with Crippen LogP contribution in [-0.2, 0) is 0 Å². The van der Waals surface area contributed by atoms with E-state index in [-0.39, 0.29) is 0 Å². The second-order valence-electron chi connectivity index (χ2n) is 4.04. The van der Waals surface area contributed by atoms with Crippen molar-refractivity contribution in [3.8, 4) is 0 Å². The molecule has 0 amide bonds. The fourth-order valence-electron chi connectivity index (χ4n) is 1.66. The van der Waals surface area contributed by atoms with E-state index in [9.17, 15) is 0 Å². The highest BCUT2D eigenvalue weighted by Gasteiger charge is 2.15. The lowest BCUT2D eigenvalue weighted by molar-refractivity contribution is 1.23. The molecular formula is C14H8I6S3. The molecule has 0 saturated heterocycles. The number of halogens is 6. The Hall–Kier alpha value is 3.87. The summed E-state index contributed by atoms with van der Waals surface area (Å²) in [5, 5.41) is 0. The number of benzene rings is 2. The minimum atomic E-state index is 1.09. The molecule has 0 aliphatic heterocycles. The molecular weight excluding hydrogens is 1030 g/mol. The monoisotopic (exact) mass is 1030 g/mol. The Morgan fingerprint density at radius 2 is 0.913 bits per heavy atom. The highest BCUT2D eigenvalue weighted by atomic mass is 127. The second kappa shape index (κ2) is 11.8. The summed E-state index contributed by atoms with van der Waals surface area (Å²) in [6.45, 7) is 0. The van der Waals surface area contributed by atoms with Crippen LogP contribution in [0.1, 0.15) is 0 Å². The molecule has 0 radical (unpaired) electrons. The summed E-state index contributed by atoms with van der Waals surface area (Å²) >= 11 is 20.4. The van der Waals surface area contributed by atoms with Crippen molar-refractivity contribution in [2.24, 2.45) is 0 Å². The van der Waals surface area contributed by atoms with Crippen molar-refractivity contribution >= 4 is 171 Å². The molecule has 2 aromatic rings. The lowest BCUT2D eigenvalue weighted by atomic mass is 10.4. The van der Waals surface area contributed by atoms with Gasteiger partial charge in [0.1, 0.15) is 0 Å². The zero-order valence-corrected chi connectivity index (χ0v) is 26.6. The smallest absolute Gasteiger partial charge is 0.0501 e. The number of rotatable bonds is 6. The van der Waals surface area contributed by atoms with Gasteiger partial charge in [-0.05, 0) is 115 Å². The summed E-state index contributed by atoms with van der Waals surface area (Å²) in [4.78, 5) is 5.45. The molecule has 0 saturated carbocycles. The highest BCUT2D eigenvalue weighted by Crippen LogP contribution is 2.42. The predicted molar refractivity (Wildman–Crippen MR) is 157 cm³/mol. The first-order valence-electron chi connectivity index (χ1n) is 5.99. The van der Waals surface area contributed by atoms with E-state index in [1.165, 1.54) is 33.9 Å². The Morgan fingerprint density at radius 3 is 1.17 bits per heavy atom. The van der Waals surface area contributed by atoms with Gasteiger partial charge < -0.3 is 0 Å². The van der Waals surface area contributed by atoms with Crippen LogP contribution in [0.25, 0.3) is 0 Å². The number of hydrogen-bond acceptors (Lipinski definition) is 3. The topological polar surface area (TPSA) is 0 Å². The van der Waals surface area contributed by atoms with Gasteiger partial charge in [-0.1, -0.05) is 56.9 Å². The fraction of sp³-hybridized carbons (Fsp3) is 0.143. The van der Waals surface area contributed by atoms with E-state index in [0.717, 1.165) is 7.52 Å². The molecule has 0 bridgehead atoms. The van der Waals surface area contributed by atoms with E-state index < -0.39 is 0 Å². The quantitative estimate of drug-likeness (QED) is 0.161. The average molecular weight is 1030 g/mol. The van der Waals surface area contributed by atoms with Crippen LogP contribution >= 0.6 is 171 Å². The third-order valence-corrected chi connectivity index (χ3v) is 12.0. The van der Waals surface area contributed by atoms with Gasteiger partial charge in [-0.3, -0.25) is 0 Å². The number of hydrogen-bond donors (Lipinski definition) is 0. The molecule has 0 heterocycles. The van der Waals surface area contributed by atoms with Gasteiger partial charge in [-0.2, -0.15) is 0 Å². The molecule has 0 spiro atoms. The minimum absolute atomic E-state index is 1.09. The molecule has 0 aliphatic rings. The van der Waals surface area contributed by atoms with Crippen LogP contribution in [0.3, 0.4) is 0 Å². The first-order chi connectivity index (χ1) is 11.0. The highest BCUT2D eigenvalue weighted by molar-refractivity contribution is 14.1. The van der Waals surface area contributed by atoms with Gasteiger partial charge >= 0.3 is 0 Å². The molecule has 2 rings (SSSR count). The first-order valence-corrected chi connectivity index (χ1v) is 16.1. The summed E-state index contributed by atoms with van der Waals surface area (Å²) in [7, 11) is 0. The Balaban J connectivity index is 2.36. The SMILES string of the molecule is ICSc1cc(I)c(Sc2c(I)cc(SCI)cc2I)c(I)c1. The van der Waals surface area contributed by atoms with Gasteiger partial charge in [-0.25, -0.2) is 0 Å². The van der Waals surface area contributed by atoms with E-state index in [1.807, 2.05) is 35.3 Å². The van der Waals surface area contributed by atoms with Crippen molar-refractivity contribution in [2.45, 2.75) is 19.6 Å². The Labute approximate surface area is 231 Å². The van der Waals surface area contributed by atoms with Gasteiger partial charge in [0.25, 0.3) is 0 Å². The molecule has 0 unspecified atom stereocenters. The Morgan fingerprint density at radius 1 is 0.609 bits per heavy atom. The van der Waals surface area contributed by atoms with E-state index in [4.69, 9.17) is 0 Å². The maximum atomic E-state index is 2.47. The summed E-state index contributed by atoms with van der Waals surface area (Å²) in [6.07, 6.45) is 0. The van der Waals surface area contributed by atoms with Crippen molar-refractivity contribution in [3.63, 3.8) is 0 Å². The first kappa shape index (κ1) is 23.2. The van der Waals surface area contributed by atoms with Crippen LogP contribution in [-0.4, -0.2) is 7.52 Å². The van der Waals surface area contributed by atoms with Crippen LogP contribution in [0.4, 0.5) is 0 Å². The zero-order valence-electron chi connectivity index (χ0n) is 11.2. The van der Waals surface area contributed by atoms with Crippen LogP contribution in [0, 0.1) is 14.3 Å². The third kappa shape index (κ3) is 7.01. The van der Waals surface area contributed by atoms with Crippen molar-refractivity contribution < 1.29 is 0 Å².